The Balaban J connectivity index is 1.88. The number of hydrogen-bond acceptors (Lipinski definition) is 4. The maximum atomic E-state index is 11.9. The molecule has 1 aliphatic carbocycles. The monoisotopic (exact) mass is 263 g/mol. The smallest absolute Gasteiger partial charge is 0.247 e. The van der Waals surface area contributed by atoms with Gasteiger partial charge in [0.25, 0.3) is 0 Å². The van der Waals surface area contributed by atoms with E-state index < -0.39 is 11.9 Å². The van der Waals surface area contributed by atoms with Crippen molar-refractivity contribution in [2.45, 2.75) is 32.2 Å². The van der Waals surface area contributed by atoms with Gasteiger partial charge in [0.05, 0.1) is 0 Å². The number of aromatic hydroxyl groups is 1. The van der Waals surface area contributed by atoms with Gasteiger partial charge in [-0.15, -0.1) is 0 Å². The third-order valence-electron chi connectivity index (χ3n) is 3.26. The number of nitrogens with one attached hydrogen (secondary N) is 2. The molecule has 6 heteroatoms. The van der Waals surface area contributed by atoms with Gasteiger partial charge in [-0.3, -0.25) is 9.59 Å². The second-order valence-corrected chi connectivity index (χ2v) is 4.72. The number of aromatic nitrogens is 1. The van der Waals surface area contributed by atoms with Crippen LogP contribution in [0.2, 0.25) is 0 Å². The molecular formula is C13H17N3O3. The molecule has 1 aromatic heterocycles. The molecule has 1 heterocycles. The van der Waals surface area contributed by atoms with E-state index in [1.807, 2.05) is 0 Å². The Morgan fingerprint density at radius 3 is 2.79 bits per heavy atom. The van der Waals surface area contributed by atoms with Crippen molar-refractivity contribution in [1.82, 2.24) is 10.3 Å². The van der Waals surface area contributed by atoms with Gasteiger partial charge in [0.15, 0.2) is 11.6 Å². The number of rotatable bonds is 4. The van der Waals surface area contributed by atoms with Crippen LogP contribution in [0.15, 0.2) is 18.3 Å². The van der Waals surface area contributed by atoms with Crippen LogP contribution in [0.1, 0.15) is 26.2 Å². The van der Waals surface area contributed by atoms with Gasteiger partial charge in [0.2, 0.25) is 11.8 Å². The van der Waals surface area contributed by atoms with E-state index in [-0.39, 0.29) is 23.4 Å². The molecule has 1 unspecified atom stereocenters. The molecule has 6 nitrogen and oxygen atoms in total. The fraction of sp³-hybridized carbons (Fsp3) is 0.462. The lowest BCUT2D eigenvalue weighted by Gasteiger charge is -2.25. The second kappa shape index (κ2) is 5.69. The van der Waals surface area contributed by atoms with E-state index in [4.69, 9.17) is 0 Å². The third kappa shape index (κ3) is 3.21. The Bertz CT molecular complexity index is 486. The topological polar surface area (TPSA) is 91.3 Å². The predicted octanol–water partition coefficient (Wildman–Crippen LogP) is 1.03. The highest BCUT2D eigenvalue weighted by Crippen LogP contribution is 2.26. The van der Waals surface area contributed by atoms with Gasteiger partial charge in [-0.05, 0) is 31.9 Å². The Labute approximate surface area is 111 Å². The van der Waals surface area contributed by atoms with Gasteiger partial charge in [-0.1, -0.05) is 6.42 Å². The van der Waals surface area contributed by atoms with E-state index in [0.29, 0.717) is 0 Å². The first-order valence-corrected chi connectivity index (χ1v) is 6.33. The maximum absolute atomic E-state index is 11.9. The fourth-order valence-electron chi connectivity index (χ4n) is 1.79. The first-order chi connectivity index (χ1) is 9.08. The Hall–Kier alpha value is -2.11. The molecule has 1 saturated carbocycles. The van der Waals surface area contributed by atoms with Crippen molar-refractivity contribution in [3.8, 4) is 5.75 Å². The highest BCUT2D eigenvalue weighted by Gasteiger charge is 2.27. The molecule has 0 saturated heterocycles. The number of amides is 2. The number of nitrogens with zero attached hydrogens (tertiary/aromatic N) is 1. The van der Waals surface area contributed by atoms with Crippen LogP contribution in [0, 0.1) is 5.92 Å². The van der Waals surface area contributed by atoms with Crippen LogP contribution < -0.4 is 10.6 Å². The van der Waals surface area contributed by atoms with E-state index >= 15 is 0 Å². The minimum Gasteiger partial charge on any atom is -0.504 e. The van der Waals surface area contributed by atoms with Crippen molar-refractivity contribution >= 4 is 17.6 Å². The van der Waals surface area contributed by atoms with E-state index in [2.05, 4.69) is 15.6 Å². The van der Waals surface area contributed by atoms with Crippen molar-refractivity contribution < 1.29 is 14.7 Å². The largest absolute Gasteiger partial charge is 0.504 e. The highest BCUT2D eigenvalue weighted by molar-refractivity contribution is 5.97. The normalized spacial score (nSPS) is 16.3. The molecule has 1 aromatic rings. The van der Waals surface area contributed by atoms with Crippen molar-refractivity contribution in [3.05, 3.63) is 18.3 Å². The number of pyridine rings is 1. The predicted molar refractivity (Wildman–Crippen MR) is 69.5 cm³/mol. The fourth-order valence-corrected chi connectivity index (χ4v) is 1.79. The molecule has 2 rings (SSSR count). The van der Waals surface area contributed by atoms with Crippen molar-refractivity contribution in [2.75, 3.05) is 5.32 Å². The van der Waals surface area contributed by atoms with Gasteiger partial charge in [0.1, 0.15) is 6.04 Å². The van der Waals surface area contributed by atoms with Crippen molar-refractivity contribution in [3.63, 3.8) is 0 Å². The first kappa shape index (κ1) is 13.3. The van der Waals surface area contributed by atoms with Gasteiger partial charge < -0.3 is 15.7 Å². The van der Waals surface area contributed by atoms with E-state index in [9.17, 15) is 14.7 Å². The number of anilines is 1. The summed E-state index contributed by atoms with van der Waals surface area (Å²) in [5, 5.41) is 14.6. The number of hydrogen-bond donors (Lipinski definition) is 3. The van der Waals surface area contributed by atoms with Crippen LogP contribution in [0.5, 0.6) is 5.75 Å². The third-order valence-corrected chi connectivity index (χ3v) is 3.26. The van der Waals surface area contributed by atoms with Crippen LogP contribution in [0.3, 0.4) is 0 Å². The lowest BCUT2D eigenvalue weighted by molar-refractivity contribution is -0.130. The lowest BCUT2D eigenvalue weighted by Crippen LogP contribution is -2.45. The first-order valence-electron chi connectivity index (χ1n) is 6.33. The zero-order chi connectivity index (χ0) is 13.8. The molecule has 1 aliphatic rings. The highest BCUT2D eigenvalue weighted by atomic mass is 16.3. The van der Waals surface area contributed by atoms with E-state index in [1.165, 1.54) is 12.3 Å². The summed E-state index contributed by atoms with van der Waals surface area (Å²) in [4.78, 5) is 27.4. The summed E-state index contributed by atoms with van der Waals surface area (Å²) >= 11 is 0. The molecule has 0 aliphatic heterocycles. The minimum absolute atomic E-state index is 0.0403. The van der Waals surface area contributed by atoms with Gasteiger partial charge >= 0.3 is 0 Å². The van der Waals surface area contributed by atoms with Gasteiger partial charge in [0, 0.05) is 12.1 Å². The molecule has 19 heavy (non-hydrogen) atoms. The molecule has 3 N–H and O–H groups in total. The van der Waals surface area contributed by atoms with Crippen molar-refractivity contribution in [2.24, 2.45) is 5.92 Å². The summed E-state index contributed by atoms with van der Waals surface area (Å²) in [6.07, 6.45) is 4.32. The molecule has 102 valence electrons. The molecule has 0 bridgehead atoms. The minimum atomic E-state index is -0.658. The van der Waals surface area contributed by atoms with Crippen LogP contribution >= 0.6 is 0 Å². The summed E-state index contributed by atoms with van der Waals surface area (Å²) in [6.45, 7) is 1.60. The van der Waals surface area contributed by atoms with Crippen LogP contribution in [-0.4, -0.2) is 27.9 Å². The van der Waals surface area contributed by atoms with Crippen LogP contribution in [-0.2, 0) is 9.59 Å². The molecule has 2 amide bonds. The molecule has 0 radical (unpaired) electrons. The Morgan fingerprint density at radius 2 is 2.21 bits per heavy atom. The molecular weight excluding hydrogens is 246 g/mol. The number of carbonyl (C=O) groups is 2. The zero-order valence-corrected chi connectivity index (χ0v) is 10.7. The van der Waals surface area contributed by atoms with Crippen LogP contribution in [0.25, 0.3) is 0 Å². The van der Waals surface area contributed by atoms with Crippen molar-refractivity contribution in [1.29, 1.82) is 0 Å². The van der Waals surface area contributed by atoms with E-state index in [0.717, 1.165) is 19.3 Å². The average molecular weight is 263 g/mol. The van der Waals surface area contributed by atoms with Gasteiger partial charge in [-0.25, -0.2) is 4.98 Å². The average Bonchev–Trinajstić information content (AvgIpc) is 2.29. The van der Waals surface area contributed by atoms with Gasteiger partial charge in [-0.2, -0.15) is 0 Å². The molecule has 1 fully saturated rings. The number of carbonyl (C=O) groups excluding carboxylic acids is 2. The molecule has 1 atom stereocenters. The lowest BCUT2D eigenvalue weighted by atomic mass is 9.84. The summed E-state index contributed by atoms with van der Waals surface area (Å²) in [5.41, 5.74) is 0. The molecule has 0 spiro atoms. The Kier molecular flexibility index (Phi) is 3.99. The summed E-state index contributed by atoms with van der Waals surface area (Å²) in [5.74, 6) is -0.454. The zero-order valence-electron chi connectivity index (χ0n) is 10.7. The maximum Gasteiger partial charge on any atom is 0.247 e. The SMILES string of the molecule is CC(NC(=O)C1CCC1)C(=O)Nc1ncccc1O. The quantitative estimate of drug-likeness (QED) is 0.756. The van der Waals surface area contributed by atoms with Crippen LogP contribution in [0.4, 0.5) is 5.82 Å². The second-order valence-electron chi connectivity index (χ2n) is 4.72. The molecule has 0 aromatic carbocycles. The summed E-state index contributed by atoms with van der Waals surface area (Å²) < 4.78 is 0. The standard InChI is InChI=1S/C13H17N3O3/c1-8(15-13(19)9-4-2-5-9)12(18)16-11-10(17)6-3-7-14-11/h3,6-9,17H,2,4-5H2,1H3,(H,15,19)(H,14,16,18). The Morgan fingerprint density at radius 1 is 1.47 bits per heavy atom. The summed E-state index contributed by atoms with van der Waals surface area (Å²) in [7, 11) is 0. The van der Waals surface area contributed by atoms with E-state index in [1.54, 1.807) is 13.0 Å². The summed E-state index contributed by atoms with van der Waals surface area (Å²) in [6, 6.07) is 2.34.